The number of rotatable bonds is 6. The molecule has 31 heavy (non-hydrogen) atoms. The lowest BCUT2D eigenvalue weighted by Crippen LogP contribution is -2.43. The number of nitrogens with zero attached hydrogens (tertiary/aromatic N) is 1. The third-order valence-electron chi connectivity index (χ3n) is 5.71. The molecule has 2 atom stereocenters. The van der Waals surface area contributed by atoms with Gasteiger partial charge in [-0.3, -0.25) is 10.1 Å². The summed E-state index contributed by atoms with van der Waals surface area (Å²) in [6, 6.07) is 26.8. The average molecular weight is 487 g/mol. The third kappa shape index (κ3) is 5.30. The molecule has 1 fully saturated rings. The number of hydrogen-bond acceptors (Lipinski definition) is 2. The Hall–Kier alpha value is -1.48. The van der Waals surface area contributed by atoms with Crippen LogP contribution in [0.15, 0.2) is 83.9 Å². The largest absolute Gasteiger partial charge is 0.287 e. The first-order valence-corrected chi connectivity index (χ1v) is 14.1. The molecule has 1 aliphatic carbocycles. The van der Waals surface area contributed by atoms with E-state index in [1.54, 1.807) is 0 Å². The van der Waals surface area contributed by atoms with Crippen LogP contribution in [0.25, 0.3) is 0 Å². The Morgan fingerprint density at radius 2 is 1.35 bits per heavy atom. The van der Waals surface area contributed by atoms with E-state index >= 15 is 0 Å². The molecule has 4 rings (SSSR count). The van der Waals surface area contributed by atoms with Gasteiger partial charge in [-0.15, -0.1) is 0 Å². The second kappa shape index (κ2) is 10.4. The highest BCUT2D eigenvalue weighted by Gasteiger charge is 2.31. The molecular formula is C25H25Cl2N2PS. The van der Waals surface area contributed by atoms with Crippen molar-refractivity contribution in [1.82, 2.24) is 5.09 Å². The number of nitrogens with one attached hydrogen (secondary N) is 1. The summed E-state index contributed by atoms with van der Waals surface area (Å²) in [5.74, 6) is 0. The Kier molecular flexibility index (Phi) is 7.63. The third-order valence-corrected chi connectivity index (χ3v) is 10.7. The maximum Gasteiger partial charge on any atom is 0.0687 e. The summed E-state index contributed by atoms with van der Waals surface area (Å²) < 4.78 is 0. The SMILES string of the molecule is S=P(N[C@@H]1CCCC[C@H]1N=Cc1c(Cl)cccc1Cl)(c1ccccc1)c1ccccc1. The summed E-state index contributed by atoms with van der Waals surface area (Å²) in [4.78, 5) is 4.94. The minimum absolute atomic E-state index is 0.135. The lowest BCUT2D eigenvalue weighted by molar-refractivity contribution is 0.370. The molecule has 0 saturated heterocycles. The van der Waals surface area contributed by atoms with E-state index in [1.807, 2.05) is 36.5 Å². The summed E-state index contributed by atoms with van der Waals surface area (Å²) in [7, 11) is 0. The van der Waals surface area contributed by atoms with E-state index in [0.717, 1.165) is 24.8 Å². The second-order valence-electron chi connectivity index (χ2n) is 7.78. The smallest absolute Gasteiger partial charge is 0.0687 e. The molecule has 0 aromatic heterocycles. The van der Waals surface area contributed by atoms with Crippen molar-refractivity contribution in [1.29, 1.82) is 0 Å². The predicted octanol–water partition coefficient (Wildman–Crippen LogP) is 6.36. The van der Waals surface area contributed by atoms with Crippen LogP contribution in [0.2, 0.25) is 10.0 Å². The van der Waals surface area contributed by atoms with Crippen LogP contribution in [0, 0.1) is 0 Å². The molecule has 2 nitrogen and oxygen atoms in total. The minimum Gasteiger partial charge on any atom is -0.287 e. The average Bonchev–Trinajstić information content (AvgIpc) is 2.81. The Balaban J connectivity index is 1.65. The molecule has 0 spiro atoms. The summed E-state index contributed by atoms with van der Waals surface area (Å²) in [5.41, 5.74) is 0.778. The van der Waals surface area contributed by atoms with Crippen molar-refractivity contribution >= 4 is 58.0 Å². The van der Waals surface area contributed by atoms with E-state index in [0.29, 0.717) is 10.0 Å². The van der Waals surface area contributed by atoms with Gasteiger partial charge < -0.3 is 0 Å². The first-order chi connectivity index (χ1) is 15.1. The summed E-state index contributed by atoms with van der Waals surface area (Å²) in [6.45, 7) is 0. The standard InChI is InChI=1S/C25H25Cl2N2PS/c26-22-14-9-15-23(27)21(22)18-28-24-16-7-8-17-25(24)29-30(31,19-10-3-1-4-11-19)20-12-5-2-6-13-20/h1-6,9-15,18,24-25H,7-8,16-17H2,(H,29,31)/t24-,25-/m1/s1. The van der Waals surface area contributed by atoms with Crippen LogP contribution in [-0.4, -0.2) is 18.3 Å². The van der Waals surface area contributed by atoms with E-state index in [2.05, 4.69) is 53.6 Å². The van der Waals surface area contributed by atoms with E-state index in [9.17, 15) is 0 Å². The summed E-state index contributed by atoms with van der Waals surface area (Å²) in [6.07, 6.45) is 4.06. The maximum atomic E-state index is 6.39. The van der Waals surface area contributed by atoms with Crippen molar-refractivity contribution < 1.29 is 0 Å². The Morgan fingerprint density at radius 3 is 1.94 bits per heavy atom. The Bertz CT molecular complexity index is 1030. The highest BCUT2D eigenvalue weighted by molar-refractivity contribution is 8.20. The fourth-order valence-electron chi connectivity index (χ4n) is 4.05. The van der Waals surface area contributed by atoms with Crippen molar-refractivity contribution in [2.45, 2.75) is 37.8 Å². The van der Waals surface area contributed by atoms with Gasteiger partial charge in [-0.1, -0.05) is 115 Å². The van der Waals surface area contributed by atoms with E-state index in [1.165, 1.54) is 17.0 Å². The van der Waals surface area contributed by atoms with Crippen molar-refractivity contribution in [2.24, 2.45) is 4.99 Å². The molecule has 3 aromatic carbocycles. The van der Waals surface area contributed by atoms with Crippen molar-refractivity contribution in [3.05, 3.63) is 94.5 Å². The van der Waals surface area contributed by atoms with Gasteiger partial charge >= 0.3 is 0 Å². The number of halogens is 2. The number of benzene rings is 3. The van der Waals surface area contributed by atoms with Gasteiger partial charge in [-0.2, -0.15) is 0 Å². The lowest BCUT2D eigenvalue weighted by atomic mass is 9.91. The van der Waals surface area contributed by atoms with Crippen LogP contribution in [0.1, 0.15) is 31.2 Å². The number of aliphatic imine (C=N–C) groups is 1. The molecule has 0 bridgehead atoms. The topological polar surface area (TPSA) is 24.4 Å². The van der Waals surface area contributed by atoms with E-state index in [-0.39, 0.29) is 12.1 Å². The van der Waals surface area contributed by atoms with Crippen LogP contribution in [0.5, 0.6) is 0 Å². The fraction of sp³-hybridized carbons (Fsp3) is 0.240. The van der Waals surface area contributed by atoms with Gasteiger partial charge in [0.25, 0.3) is 0 Å². The molecule has 0 radical (unpaired) electrons. The fourth-order valence-corrected chi connectivity index (χ4v) is 8.23. The summed E-state index contributed by atoms with van der Waals surface area (Å²) in [5, 5.41) is 7.53. The van der Waals surface area contributed by atoms with E-state index < -0.39 is 6.19 Å². The molecule has 0 amide bonds. The zero-order valence-corrected chi connectivity index (χ0v) is 20.3. The van der Waals surface area contributed by atoms with E-state index in [4.69, 9.17) is 40.0 Å². The van der Waals surface area contributed by atoms with Gasteiger partial charge in [0.1, 0.15) is 0 Å². The molecular weight excluding hydrogens is 462 g/mol. The first kappa shape index (κ1) is 22.7. The molecule has 160 valence electrons. The minimum atomic E-state index is -2.19. The molecule has 3 aromatic rings. The zero-order chi connectivity index (χ0) is 21.7. The molecule has 0 aliphatic heterocycles. The van der Waals surface area contributed by atoms with Crippen LogP contribution in [-0.2, 0) is 11.8 Å². The van der Waals surface area contributed by atoms with Gasteiger partial charge in [-0.25, -0.2) is 0 Å². The van der Waals surface area contributed by atoms with Gasteiger partial charge in [0.2, 0.25) is 0 Å². The molecule has 1 aliphatic rings. The normalized spacial score (nSPS) is 19.5. The molecule has 1 saturated carbocycles. The summed E-state index contributed by atoms with van der Waals surface area (Å²) >= 11 is 19.1. The zero-order valence-electron chi connectivity index (χ0n) is 17.1. The van der Waals surface area contributed by atoms with Gasteiger partial charge in [-0.05, 0) is 25.0 Å². The van der Waals surface area contributed by atoms with Gasteiger partial charge in [0.05, 0.1) is 22.3 Å². The van der Waals surface area contributed by atoms with Crippen molar-refractivity contribution in [2.75, 3.05) is 0 Å². The highest BCUT2D eigenvalue weighted by atomic mass is 35.5. The van der Waals surface area contributed by atoms with Crippen LogP contribution >= 0.6 is 29.4 Å². The Labute approximate surface area is 199 Å². The monoisotopic (exact) mass is 486 g/mol. The predicted molar refractivity (Wildman–Crippen MR) is 140 cm³/mol. The van der Waals surface area contributed by atoms with Gasteiger partial charge in [0, 0.05) is 28.4 Å². The highest BCUT2D eigenvalue weighted by Crippen LogP contribution is 2.42. The maximum absolute atomic E-state index is 6.39. The second-order valence-corrected chi connectivity index (χ2v) is 12.7. The number of hydrogen-bond donors (Lipinski definition) is 1. The first-order valence-electron chi connectivity index (χ1n) is 10.5. The lowest BCUT2D eigenvalue weighted by Gasteiger charge is -2.35. The van der Waals surface area contributed by atoms with Crippen LogP contribution in [0.3, 0.4) is 0 Å². The van der Waals surface area contributed by atoms with Crippen molar-refractivity contribution in [3.8, 4) is 0 Å². The molecule has 6 heteroatoms. The molecule has 0 heterocycles. The quantitative estimate of drug-likeness (QED) is 0.323. The molecule has 1 N–H and O–H groups in total. The van der Waals surface area contributed by atoms with Crippen LogP contribution < -0.4 is 15.7 Å². The van der Waals surface area contributed by atoms with Gasteiger partial charge in [0.15, 0.2) is 0 Å². The van der Waals surface area contributed by atoms with Crippen LogP contribution in [0.4, 0.5) is 0 Å². The Morgan fingerprint density at radius 1 is 0.806 bits per heavy atom. The van der Waals surface area contributed by atoms with Crippen molar-refractivity contribution in [3.63, 3.8) is 0 Å². The molecule has 0 unspecified atom stereocenters.